The zero-order chi connectivity index (χ0) is 34.9. The minimum atomic E-state index is 0.294. The van der Waals surface area contributed by atoms with Gasteiger partial charge in [-0.1, -0.05) is 140 Å². The molecular formula is C50H41NS2. The Labute approximate surface area is 321 Å². The molecule has 0 spiro atoms. The summed E-state index contributed by atoms with van der Waals surface area (Å²) in [6.45, 7) is 0. The quantitative estimate of drug-likeness (QED) is 0.179. The molecule has 6 atom stereocenters. The molecule has 1 aromatic heterocycles. The van der Waals surface area contributed by atoms with Crippen LogP contribution >= 0.6 is 23.5 Å². The van der Waals surface area contributed by atoms with Gasteiger partial charge in [-0.15, -0.1) is 23.5 Å². The zero-order valence-corrected chi connectivity index (χ0v) is 31.3. The normalized spacial score (nSPS) is 25.4. The molecule has 0 radical (unpaired) electrons. The first-order chi connectivity index (χ1) is 26.3. The molecule has 0 saturated heterocycles. The number of hydrogen-bond acceptors (Lipinski definition) is 2. The average Bonchev–Trinajstić information content (AvgIpc) is 3.57. The van der Waals surface area contributed by atoms with Crippen molar-refractivity contribution in [2.75, 3.05) is 0 Å². The molecule has 0 saturated carbocycles. The summed E-state index contributed by atoms with van der Waals surface area (Å²) < 4.78 is 2.57. The first kappa shape index (κ1) is 31.8. The van der Waals surface area contributed by atoms with Gasteiger partial charge in [-0.3, -0.25) is 0 Å². The van der Waals surface area contributed by atoms with Gasteiger partial charge >= 0.3 is 0 Å². The molecule has 0 bridgehead atoms. The van der Waals surface area contributed by atoms with Crippen LogP contribution in [0.2, 0.25) is 0 Å². The van der Waals surface area contributed by atoms with E-state index in [2.05, 4.69) is 192 Å². The van der Waals surface area contributed by atoms with Crippen molar-refractivity contribution < 1.29 is 0 Å². The molecular weight excluding hydrogens is 679 g/mol. The first-order valence-corrected chi connectivity index (χ1v) is 21.1. The Kier molecular flexibility index (Phi) is 7.80. The maximum atomic E-state index is 2.57. The third-order valence-electron chi connectivity index (χ3n) is 12.5. The Morgan fingerprint density at radius 2 is 1.42 bits per heavy atom. The van der Waals surface area contributed by atoms with E-state index in [-0.39, 0.29) is 0 Å². The Balaban J connectivity index is 1.12. The molecule has 1 nitrogen and oxygen atoms in total. The number of para-hydroxylation sites is 2. The SMILES string of the molecule is C1=CCC2Sc3c(C4CCCc5c4c4ccccc4n5-c4ccccc4)cccc3C(C3c4ccccc4SC4C=CC=C(c5ccccc5)C43)C2=C1. The van der Waals surface area contributed by atoms with E-state index < -0.39 is 0 Å². The van der Waals surface area contributed by atoms with E-state index in [0.29, 0.717) is 34.2 Å². The van der Waals surface area contributed by atoms with E-state index in [1.807, 2.05) is 0 Å². The minimum absolute atomic E-state index is 0.294. The summed E-state index contributed by atoms with van der Waals surface area (Å²) >= 11 is 4.23. The van der Waals surface area contributed by atoms with Crippen LogP contribution in [-0.4, -0.2) is 15.1 Å². The highest BCUT2D eigenvalue weighted by atomic mass is 32.2. The summed E-state index contributed by atoms with van der Waals surface area (Å²) in [6.07, 6.45) is 19.1. The van der Waals surface area contributed by atoms with Crippen LogP contribution in [0.25, 0.3) is 22.2 Å². The predicted molar refractivity (Wildman–Crippen MR) is 225 cm³/mol. The van der Waals surface area contributed by atoms with Crippen LogP contribution < -0.4 is 0 Å². The highest BCUT2D eigenvalue weighted by molar-refractivity contribution is 8.00. The molecule has 11 rings (SSSR count). The molecule has 0 N–H and O–H groups in total. The van der Waals surface area contributed by atoms with Gasteiger partial charge in [-0.2, -0.15) is 0 Å². The summed E-state index contributed by atoms with van der Waals surface area (Å²) in [4.78, 5) is 3.00. The summed E-state index contributed by atoms with van der Waals surface area (Å²) in [6, 6.07) is 48.2. The van der Waals surface area contributed by atoms with Crippen LogP contribution in [0, 0.1) is 5.92 Å². The third-order valence-corrected chi connectivity index (χ3v) is 15.3. The van der Waals surface area contributed by atoms with E-state index in [0.717, 1.165) is 12.8 Å². The Bertz CT molecular complexity index is 2500. The van der Waals surface area contributed by atoms with Gasteiger partial charge in [0.25, 0.3) is 0 Å². The second-order valence-electron chi connectivity index (χ2n) is 15.2. The van der Waals surface area contributed by atoms with Crippen molar-refractivity contribution in [3.63, 3.8) is 0 Å². The van der Waals surface area contributed by atoms with Crippen LogP contribution in [0.4, 0.5) is 0 Å². The number of fused-ring (bicyclic) bond motifs is 7. The van der Waals surface area contributed by atoms with Crippen molar-refractivity contribution in [3.05, 3.63) is 203 Å². The molecule has 0 amide bonds. The smallest absolute Gasteiger partial charge is 0.0534 e. The lowest BCUT2D eigenvalue weighted by Crippen LogP contribution is -2.37. The van der Waals surface area contributed by atoms with Gasteiger partial charge in [-0.25, -0.2) is 0 Å². The molecule has 6 unspecified atom stereocenters. The topological polar surface area (TPSA) is 4.93 Å². The number of aromatic nitrogens is 1. The average molecular weight is 720 g/mol. The molecule has 2 aliphatic heterocycles. The van der Waals surface area contributed by atoms with Gasteiger partial charge in [0.15, 0.2) is 0 Å². The lowest BCUT2D eigenvalue weighted by molar-refractivity contribution is 0.449. The lowest BCUT2D eigenvalue weighted by Gasteiger charge is -2.48. The molecule has 6 aromatic rings. The number of rotatable bonds is 4. The van der Waals surface area contributed by atoms with Gasteiger partial charge < -0.3 is 4.57 Å². The largest absolute Gasteiger partial charge is 0.313 e. The van der Waals surface area contributed by atoms with Gasteiger partial charge in [0.2, 0.25) is 0 Å². The fourth-order valence-electron chi connectivity index (χ4n) is 10.4. The number of thioether (sulfide) groups is 2. The fourth-order valence-corrected chi connectivity index (χ4v) is 13.4. The monoisotopic (exact) mass is 719 g/mol. The van der Waals surface area contributed by atoms with E-state index >= 15 is 0 Å². The van der Waals surface area contributed by atoms with Crippen molar-refractivity contribution in [3.8, 4) is 5.69 Å². The molecule has 3 heterocycles. The number of allylic oxidation sites excluding steroid dienone is 6. The molecule has 53 heavy (non-hydrogen) atoms. The molecule has 5 aliphatic rings. The highest BCUT2D eigenvalue weighted by Gasteiger charge is 2.48. The Morgan fingerprint density at radius 3 is 2.32 bits per heavy atom. The molecule has 258 valence electrons. The minimum Gasteiger partial charge on any atom is -0.313 e. The van der Waals surface area contributed by atoms with Gasteiger partial charge in [0.05, 0.1) is 5.52 Å². The third kappa shape index (κ3) is 5.07. The Hall–Kier alpha value is -4.70. The van der Waals surface area contributed by atoms with Gasteiger partial charge in [0.1, 0.15) is 0 Å². The standard InChI is InChI=1S/C50H41NS2/c1-3-16-32(17-4-1)34-23-15-31-45-48(34)49(39-22-9-11-29-43(39)52-45)47-38-21-8-12-30-44(38)53-50-36(25-13-26-40(47)50)35-24-14-28-42-46(35)37-20-7-10-27-41(37)51(42)33-18-5-2-6-19-33/h1-13,15-23,25-27,29,31,35,44-45,47-49H,14,24,28,30H2. The van der Waals surface area contributed by atoms with Crippen molar-refractivity contribution >= 4 is 40.0 Å². The summed E-state index contributed by atoms with van der Waals surface area (Å²) in [5, 5.41) is 2.25. The molecule has 5 aromatic carbocycles. The van der Waals surface area contributed by atoms with E-state index in [1.165, 1.54) is 62.3 Å². The lowest BCUT2D eigenvalue weighted by atomic mass is 9.64. The number of hydrogen-bond donors (Lipinski definition) is 0. The Morgan fingerprint density at radius 1 is 0.642 bits per heavy atom. The maximum absolute atomic E-state index is 2.57. The molecule has 0 fully saturated rings. The summed E-state index contributed by atoms with van der Waals surface area (Å²) in [5.74, 6) is 1.35. The molecule has 3 aliphatic carbocycles. The van der Waals surface area contributed by atoms with Crippen LogP contribution in [-0.2, 0) is 6.42 Å². The van der Waals surface area contributed by atoms with Crippen molar-refractivity contribution in [2.24, 2.45) is 5.92 Å². The van der Waals surface area contributed by atoms with E-state index in [4.69, 9.17) is 0 Å². The van der Waals surface area contributed by atoms with E-state index in [9.17, 15) is 0 Å². The number of nitrogens with zero attached hydrogens (tertiary/aromatic N) is 1. The van der Waals surface area contributed by atoms with Crippen LogP contribution in [0.3, 0.4) is 0 Å². The molecule has 3 heteroatoms. The van der Waals surface area contributed by atoms with Crippen molar-refractivity contribution in [1.82, 2.24) is 4.57 Å². The van der Waals surface area contributed by atoms with Crippen LogP contribution in [0.15, 0.2) is 179 Å². The second kappa shape index (κ2) is 13.0. The van der Waals surface area contributed by atoms with Gasteiger partial charge in [0, 0.05) is 60.7 Å². The van der Waals surface area contributed by atoms with Crippen LogP contribution in [0.5, 0.6) is 0 Å². The second-order valence-corrected chi connectivity index (χ2v) is 17.7. The van der Waals surface area contributed by atoms with Crippen molar-refractivity contribution in [2.45, 2.75) is 63.7 Å². The van der Waals surface area contributed by atoms with Crippen LogP contribution in [0.1, 0.15) is 70.5 Å². The summed E-state index contributed by atoms with van der Waals surface area (Å²) in [7, 11) is 0. The predicted octanol–water partition coefficient (Wildman–Crippen LogP) is 13.1. The number of benzene rings is 5. The highest BCUT2D eigenvalue weighted by Crippen LogP contribution is 2.63. The van der Waals surface area contributed by atoms with Gasteiger partial charge in [-0.05, 0) is 88.9 Å². The summed E-state index contributed by atoms with van der Waals surface area (Å²) in [5.41, 5.74) is 14.7. The van der Waals surface area contributed by atoms with E-state index in [1.54, 1.807) is 21.6 Å². The fraction of sp³-hybridized carbons (Fsp3) is 0.200. The first-order valence-electron chi connectivity index (χ1n) is 19.4. The zero-order valence-electron chi connectivity index (χ0n) is 29.6. The van der Waals surface area contributed by atoms with Crippen molar-refractivity contribution in [1.29, 1.82) is 0 Å². The maximum Gasteiger partial charge on any atom is 0.0534 e.